The Hall–Kier alpha value is -1.52. The summed E-state index contributed by atoms with van der Waals surface area (Å²) in [5.41, 5.74) is 0.935. The van der Waals surface area contributed by atoms with E-state index < -0.39 is 6.10 Å². The lowest BCUT2D eigenvalue weighted by Crippen LogP contribution is -2.01. The Bertz CT molecular complexity index is 329. The van der Waals surface area contributed by atoms with Gasteiger partial charge in [0.15, 0.2) is 0 Å². The van der Waals surface area contributed by atoms with Crippen LogP contribution in [-0.4, -0.2) is 11.2 Å². The number of rotatable bonds is 3. The lowest BCUT2D eigenvalue weighted by molar-refractivity contribution is 0.223. The van der Waals surface area contributed by atoms with E-state index in [-0.39, 0.29) is 0 Å². The van der Waals surface area contributed by atoms with Crippen molar-refractivity contribution in [3.05, 3.63) is 48.6 Å². The molecular weight excluding hydrogens is 172 g/mol. The van der Waals surface area contributed by atoms with E-state index in [0.717, 1.165) is 12.0 Å². The van der Waals surface area contributed by atoms with Crippen LogP contribution in [-0.2, 0) is 0 Å². The summed E-state index contributed by atoms with van der Waals surface area (Å²) in [6.45, 7) is 3.59. The average molecular weight is 186 g/mol. The van der Waals surface area contributed by atoms with Crippen molar-refractivity contribution >= 4 is 0 Å². The molecule has 0 aliphatic heterocycles. The molecule has 1 nitrogen and oxygen atoms in total. The first kappa shape index (κ1) is 10.6. The van der Waals surface area contributed by atoms with Gasteiger partial charge >= 0.3 is 0 Å². The van der Waals surface area contributed by atoms with Gasteiger partial charge in [-0.05, 0) is 25.0 Å². The second-order valence-corrected chi connectivity index (χ2v) is 3.02. The molecule has 72 valence electrons. The molecule has 1 aromatic carbocycles. The van der Waals surface area contributed by atoms with Gasteiger partial charge in [-0.25, -0.2) is 0 Å². The molecule has 0 aliphatic rings. The highest BCUT2D eigenvalue weighted by Crippen LogP contribution is 1.98. The van der Waals surface area contributed by atoms with Crippen molar-refractivity contribution in [2.75, 3.05) is 0 Å². The molecule has 0 saturated heterocycles. The lowest BCUT2D eigenvalue weighted by atomic mass is 10.1. The van der Waals surface area contributed by atoms with Crippen LogP contribution in [0.2, 0.25) is 0 Å². The Kier molecular flexibility index (Phi) is 4.54. The van der Waals surface area contributed by atoms with Crippen LogP contribution in [0, 0.1) is 11.8 Å². The maximum absolute atomic E-state index is 9.42. The van der Waals surface area contributed by atoms with Gasteiger partial charge < -0.3 is 5.11 Å². The third kappa shape index (κ3) is 3.93. The van der Waals surface area contributed by atoms with E-state index in [9.17, 15) is 5.11 Å². The first-order chi connectivity index (χ1) is 6.83. The number of hydrogen-bond donors (Lipinski definition) is 1. The number of allylic oxidation sites excluding steroid dienone is 1. The van der Waals surface area contributed by atoms with Crippen molar-refractivity contribution in [3.8, 4) is 11.8 Å². The quantitative estimate of drug-likeness (QED) is 0.567. The first-order valence-electron chi connectivity index (χ1n) is 4.68. The van der Waals surface area contributed by atoms with Crippen LogP contribution in [0.3, 0.4) is 0 Å². The number of aliphatic hydroxyl groups excluding tert-OH is 1. The standard InChI is InChI=1S/C13H14O/c1-2-3-9-13(14)11-10-12-7-5-4-6-8-12/h2,4-8,13-14H,1,3,9H2/t13-/m1/s1. The summed E-state index contributed by atoms with van der Waals surface area (Å²) in [5.74, 6) is 5.71. The Morgan fingerprint density at radius 2 is 2.07 bits per heavy atom. The highest BCUT2D eigenvalue weighted by atomic mass is 16.3. The fraction of sp³-hybridized carbons (Fsp3) is 0.231. The van der Waals surface area contributed by atoms with E-state index in [4.69, 9.17) is 0 Å². The molecule has 0 fully saturated rings. The molecule has 0 unspecified atom stereocenters. The van der Waals surface area contributed by atoms with E-state index in [1.165, 1.54) is 0 Å². The van der Waals surface area contributed by atoms with E-state index >= 15 is 0 Å². The summed E-state index contributed by atoms with van der Waals surface area (Å²) in [6.07, 6.45) is 2.69. The van der Waals surface area contributed by atoms with Crippen LogP contribution < -0.4 is 0 Å². The summed E-state index contributed by atoms with van der Waals surface area (Å²) in [4.78, 5) is 0. The lowest BCUT2D eigenvalue weighted by Gasteiger charge is -1.98. The second kappa shape index (κ2) is 6.01. The van der Waals surface area contributed by atoms with Crippen molar-refractivity contribution in [2.45, 2.75) is 18.9 Å². The van der Waals surface area contributed by atoms with E-state index in [2.05, 4.69) is 18.4 Å². The summed E-state index contributed by atoms with van der Waals surface area (Å²) in [7, 11) is 0. The molecule has 1 atom stereocenters. The zero-order valence-electron chi connectivity index (χ0n) is 8.11. The van der Waals surface area contributed by atoms with Crippen LogP contribution in [0.4, 0.5) is 0 Å². The summed E-state index contributed by atoms with van der Waals surface area (Å²) < 4.78 is 0. The third-order valence-electron chi connectivity index (χ3n) is 1.80. The zero-order chi connectivity index (χ0) is 10.2. The van der Waals surface area contributed by atoms with Crippen LogP contribution in [0.5, 0.6) is 0 Å². The molecule has 0 heterocycles. The predicted molar refractivity (Wildman–Crippen MR) is 58.8 cm³/mol. The predicted octanol–water partition coefficient (Wildman–Crippen LogP) is 2.37. The second-order valence-electron chi connectivity index (χ2n) is 3.02. The normalized spacial score (nSPS) is 11.2. The largest absolute Gasteiger partial charge is 0.380 e. The van der Waals surface area contributed by atoms with E-state index in [1.807, 2.05) is 30.3 Å². The molecule has 1 rings (SSSR count). The molecular formula is C13H14O. The van der Waals surface area contributed by atoms with Gasteiger partial charge in [-0.15, -0.1) is 6.58 Å². The highest BCUT2D eigenvalue weighted by Gasteiger charge is 1.95. The minimum absolute atomic E-state index is 0.548. The molecule has 0 radical (unpaired) electrons. The molecule has 0 aliphatic carbocycles. The molecule has 0 spiro atoms. The molecule has 1 N–H and O–H groups in total. The van der Waals surface area contributed by atoms with Gasteiger partial charge in [-0.3, -0.25) is 0 Å². The first-order valence-corrected chi connectivity index (χ1v) is 4.68. The molecule has 0 aromatic heterocycles. The van der Waals surface area contributed by atoms with Gasteiger partial charge in [0.1, 0.15) is 6.10 Å². The smallest absolute Gasteiger partial charge is 0.115 e. The Labute approximate surface area is 85.1 Å². The third-order valence-corrected chi connectivity index (χ3v) is 1.80. The molecule has 1 heteroatoms. The van der Waals surface area contributed by atoms with Gasteiger partial charge in [0, 0.05) is 5.56 Å². The summed E-state index contributed by atoms with van der Waals surface area (Å²) >= 11 is 0. The van der Waals surface area contributed by atoms with Crippen LogP contribution in [0.1, 0.15) is 18.4 Å². The fourth-order valence-corrected chi connectivity index (χ4v) is 1.04. The maximum Gasteiger partial charge on any atom is 0.115 e. The van der Waals surface area contributed by atoms with Crippen LogP contribution in [0.25, 0.3) is 0 Å². The van der Waals surface area contributed by atoms with Gasteiger partial charge in [0.2, 0.25) is 0 Å². The topological polar surface area (TPSA) is 20.2 Å². The van der Waals surface area contributed by atoms with Crippen LogP contribution >= 0.6 is 0 Å². The monoisotopic (exact) mass is 186 g/mol. The minimum Gasteiger partial charge on any atom is -0.380 e. The van der Waals surface area contributed by atoms with E-state index in [1.54, 1.807) is 6.08 Å². The fourth-order valence-electron chi connectivity index (χ4n) is 1.04. The molecule has 0 amide bonds. The van der Waals surface area contributed by atoms with Crippen molar-refractivity contribution in [1.29, 1.82) is 0 Å². The zero-order valence-corrected chi connectivity index (χ0v) is 8.11. The number of hydrogen-bond acceptors (Lipinski definition) is 1. The van der Waals surface area contributed by atoms with Gasteiger partial charge in [-0.2, -0.15) is 0 Å². The Morgan fingerprint density at radius 1 is 1.36 bits per heavy atom. The Morgan fingerprint density at radius 3 is 2.71 bits per heavy atom. The average Bonchev–Trinajstić information content (AvgIpc) is 2.25. The van der Waals surface area contributed by atoms with Gasteiger partial charge in [-0.1, -0.05) is 36.1 Å². The number of aliphatic hydroxyl groups is 1. The van der Waals surface area contributed by atoms with Crippen molar-refractivity contribution < 1.29 is 5.11 Å². The van der Waals surface area contributed by atoms with Crippen LogP contribution in [0.15, 0.2) is 43.0 Å². The number of benzene rings is 1. The highest BCUT2D eigenvalue weighted by molar-refractivity contribution is 5.34. The summed E-state index contributed by atoms with van der Waals surface area (Å²) in [5, 5.41) is 9.42. The van der Waals surface area contributed by atoms with Crippen molar-refractivity contribution in [1.82, 2.24) is 0 Å². The molecule has 0 bridgehead atoms. The molecule has 14 heavy (non-hydrogen) atoms. The minimum atomic E-state index is -0.548. The van der Waals surface area contributed by atoms with Crippen molar-refractivity contribution in [3.63, 3.8) is 0 Å². The Balaban J connectivity index is 2.51. The van der Waals surface area contributed by atoms with Gasteiger partial charge in [0.25, 0.3) is 0 Å². The van der Waals surface area contributed by atoms with Gasteiger partial charge in [0.05, 0.1) is 0 Å². The van der Waals surface area contributed by atoms with E-state index in [0.29, 0.717) is 6.42 Å². The molecule has 1 aromatic rings. The molecule has 0 saturated carbocycles. The SMILES string of the molecule is C=CCC[C@@H](O)C#Cc1ccccc1. The maximum atomic E-state index is 9.42. The summed E-state index contributed by atoms with van der Waals surface area (Å²) in [6, 6.07) is 9.65. The van der Waals surface area contributed by atoms with Crippen molar-refractivity contribution in [2.24, 2.45) is 0 Å².